The fraction of sp³-hybridized carbons (Fsp3) is 0.167. The van der Waals surface area contributed by atoms with Gasteiger partial charge >= 0.3 is 11.9 Å². The molecule has 0 aliphatic carbocycles. The molecule has 0 unspecified atom stereocenters. The SMILES string of the molecule is C=CC(=O)OCC#CC#CCOC(=O)C=C. The molecule has 0 spiro atoms. The Bertz CT molecular complexity index is 358. The number of carbonyl (C=O) groups excluding carboxylic acids is 2. The molecule has 0 amide bonds. The van der Waals surface area contributed by atoms with Crippen molar-refractivity contribution >= 4 is 11.9 Å². The normalized spacial score (nSPS) is 7.25. The van der Waals surface area contributed by atoms with Gasteiger partial charge in [0.25, 0.3) is 0 Å². The van der Waals surface area contributed by atoms with Crippen LogP contribution in [-0.4, -0.2) is 25.2 Å². The summed E-state index contributed by atoms with van der Waals surface area (Å²) in [5.74, 6) is 8.71. The van der Waals surface area contributed by atoms with Crippen molar-refractivity contribution in [3.8, 4) is 23.7 Å². The van der Waals surface area contributed by atoms with Gasteiger partial charge in [0.05, 0.1) is 0 Å². The van der Waals surface area contributed by atoms with Crippen LogP contribution in [0, 0.1) is 23.7 Å². The molecule has 0 aromatic rings. The molecule has 0 saturated heterocycles. The molecule has 4 nitrogen and oxygen atoms in total. The van der Waals surface area contributed by atoms with E-state index in [9.17, 15) is 9.59 Å². The number of carbonyl (C=O) groups is 2. The van der Waals surface area contributed by atoms with Crippen LogP contribution in [-0.2, 0) is 19.1 Å². The molecule has 0 aromatic carbocycles. The van der Waals surface area contributed by atoms with Crippen LogP contribution in [0.5, 0.6) is 0 Å². The third-order valence-electron chi connectivity index (χ3n) is 1.15. The van der Waals surface area contributed by atoms with Crippen LogP contribution < -0.4 is 0 Å². The van der Waals surface area contributed by atoms with Crippen molar-refractivity contribution in [2.24, 2.45) is 0 Å². The molecule has 0 rings (SSSR count). The van der Waals surface area contributed by atoms with Crippen LogP contribution >= 0.6 is 0 Å². The molecule has 4 heteroatoms. The zero-order valence-electron chi connectivity index (χ0n) is 8.62. The zero-order valence-corrected chi connectivity index (χ0v) is 8.62. The van der Waals surface area contributed by atoms with Gasteiger partial charge in [-0.15, -0.1) is 0 Å². The Kier molecular flexibility index (Phi) is 7.71. The van der Waals surface area contributed by atoms with Gasteiger partial charge < -0.3 is 9.47 Å². The Morgan fingerprint density at radius 1 is 0.938 bits per heavy atom. The third kappa shape index (κ3) is 8.15. The fourth-order valence-corrected chi connectivity index (χ4v) is 0.493. The third-order valence-corrected chi connectivity index (χ3v) is 1.15. The Labute approximate surface area is 93.9 Å². The second kappa shape index (κ2) is 9.11. The highest BCUT2D eigenvalue weighted by atomic mass is 16.5. The van der Waals surface area contributed by atoms with Gasteiger partial charge in [-0.05, 0) is 23.7 Å². The molecule has 0 saturated carbocycles. The maximum absolute atomic E-state index is 10.5. The van der Waals surface area contributed by atoms with Crippen molar-refractivity contribution in [3.63, 3.8) is 0 Å². The van der Waals surface area contributed by atoms with E-state index in [2.05, 4.69) is 46.3 Å². The molecule has 0 aliphatic rings. The van der Waals surface area contributed by atoms with Crippen molar-refractivity contribution in [1.29, 1.82) is 0 Å². The minimum absolute atomic E-state index is 0.0496. The second-order valence-corrected chi connectivity index (χ2v) is 2.23. The van der Waals surface area contributed by atoms with Crippen molar-refractivity contribution in [2.45, 2.75) is 0 Å². The minimum Gasteiger partial charge on any atom is -0.449 e. The predicted molar refractivity (Wildman–Crippen MR) is 57.9 cm³/mol. The van der Waals surface area contributed by atoms with Gasteiger partial charge in [-0.2, -0.15) is 0 Å². The molecular weight excluding hydrogens is 208 g/mol. The first-order chi connectivity index (χ1) is 7.70. The standard InChI is InChI=1S/C12H10O4/c1-3-11(13)15-9-7-5-6-8-10-16-12(14)4-2/h3-4H,1-2,9-10H2. The zero-order chi connectivity index (χ0) is 12.2. The van der Waals surface area contributed by atoms with E-state index in [1.807, 2.05) is 0 Å². The largest absolute Gasteiger partial charge is 0.449 e. The maximum atomic E-state index is 10.5. The lowest BCUT2D eigenvalue weighted by atomic mass is 10.5. The highest BCUT2D eigenvalue weighted by Crippen LogP contribution is 1.77. The van der Waals surface area contributed by atoms with Gasteiger partial charge in [0, 0.05) is 12.2 Å². The lowest BCUT2D eigenvalue weighted by Crippen LogP contribution is -1.99. The summed E-state index contributed by atoms with van der Waals surface area (Å²) in [4.78, 5) is 21.1. The van der Waals surface area contributed by atoms with E-state index in [1.165, 1.54) is 0 Å². The number of hydrogen-bond donors (Lipinski definition) is 0. The van der Waals surface area contributed by atoms with Gasteiger partial charge in [-0.25, -0.2) is 9.59 Å². The summed E-state index contributed by atoms with van der Waals surface area (Å²) in [5.41, 5.74) is 0. The van der Waals surface area contributed by atoms with Crippen LogP contribution in [0.4, 0.5) is 0 Å². The first-order valence-corrected chi connectivity index (χ1v) is 4.24. The molecule has 0 radical (unpaired) electrons. The molecule has 82 valence electrons. The van der Waals surface area contributed by atoms with Gasteiger partial charge in [-0.1, -0.05) is 13.2 Å². The van der Waals surface area contributed by atoms with Gasteiger partial charge in [-0.3, -0.25) is 0 Å². The Morgan fingerprint density at radius 2 is 1.31 bits per heavy atom. The predicted octanol–water partition coefficient (Wildman–Crippen LogP) is 0.452. The van der Waals surface area contributed by atoms with Crippen LogP contribution in [0.3, 0.4) is 0 Å². The van der Waals surface area contributed by atoms with E-state index >= 15 is 0 Å². The molecule has 0 atom stereocenters. The molecular formula is C12H10O4. The number of rotatable bonds is 4. The summed E-state index contributed by atoms with van der Waals surface area (Å²) in [6.07, 6.45) is 2.09. The minimum atomic E-state index is -0.540. The van der Waals surface area contributed by atoms with Gasteiger partial charge in [0.15, 0.2) is 13.2 Å². The van der Waals surface area contributed by atoms with E-state index < -0.39 is 11.9 Å². The van der Waals surface area contributed by atoms with E-state index in [0.717, 1.165) is 12.2 Å². The average molecular weight is 218 g/mol. The maximum Gasteiger partial charge on any atom is 0.331 e. The van der Waals surface area contributed by atoms with Crippen molar-refractivity contribution in [1.82, 2.24) is 0 Å². The Morgan fingerprint density at radius 3 is 1.62 bits per heavy atom. The van der Waals surface area contributed by atoms with Gasteiger partial charge in [0.1, 0.15) is 0 Å². The monoisotopic (exact) mass is 218 g/mol. The van der Waals surface area contributed by atoms with Crippen molar-refractivity contribution in [2.75, 3.05) is 13.2 Å². The van der Waals surface area contributed by atoms with E-state index in [4.69, 9.17) is 0 Å². The first kappa shape index (κ1) is 13.5. The lowest BCUT2D eigenvalue weighted by Gasteiger charge is -1.91. The lowest BCUT2D eigenvalue weighted by molar-refractivity contribution is -0.137. The molecule has 0 fully saturated rings. The molecule has 16 heavy (non-hydrogen) atoms. The quantitative estimate of drug-likeness (QED) is 0.390. The Balaban J connectivity index is 3.71. The summed E-state index contributed by atoms with van der Waals surface area (Å²) in [5, 5.41) is 0. The smallest absolute Gasteiger partial charge is 0.331 e. The average Bonchev–Trinajstić information content (AvgIpc) is 2.31. The summed E-state index contributed by atoms with van der Waals surface area (Å²) in [7, 11) is 0. The second-order valence-electron chi connectivity index (χ2n) is 2.23. The molecule has 0 aromatic heterocycles. The summed E-state index contributed by atoms with van der Waals surface area (Å²) in [6, 6.07) is 0. The van der Waals surface area contributed by atoms with Crippen LogP contribution in [0.1, 0.15) is 0 Å². The molecule has 0 N–H and O–H groups in total. The Hall–Kier alpha value is -2.46. The van der Waals surface area contributed by atoms with Crippen molar-refractivity contribution < 1.29 is 19.1 Å². The molecule has 0 heterocycles. The first-order valence-electron chi connectivity index (χ1n) is 4.24. The summed E-state index contributed by atoms with van der Waals surface area (Å²) >= 11 is 0. The highest BCUT2D eigenvalue weighted by Gasteiger charge is 1.90. The molecule has 0 bridgehead atoms. The summed E-state index contributed by atoms with van der Waals surface area (Å²) < 4.78 is 9.11. The topological polar surface area (TPSA) is 52.6 Å². The number of ether oxygens (including phenoxy) is 2. The van der Waals surface area contributed by atoms with Crippen LogP contribution in [0.2, 0.25) is 0 Å². The van der Waals surface area contributed by atoms with Crippen molar-refractivity contribution in [3.05, 3.63) is 25.3 Å². The van der Waals surface area contributed by atoms with Crippen LogP contribution in [0.15, 0.2) is 25.3 Å². The van der Waals surface area contributed by atoms with E-state index in [0.29, 0.717) is 0 Å². The van der Waals surface area contributed by atoms with E-state index in [-0.39, 0.29) is 13.2 Å². The van der Waals surface area contributed by atoms with E-state index in [1.54, 1.807) is 0 Å². The fourth-order valence-electron chi connectivity index (χ4n) is 0.493. The summed E-state index contributed by atoms with van der Waals surface area (Å²) in [6.45, 7) is 6.34. The van der Waals surface area contributed by atoms with Crippen LogP contribution in [0.25, 0.3) is 0 Å². The number of hydrogen-bond acceptors (Lipinski definition) is 4. The number of esters is 2. The van der Waals surface area contributed by atoms with Gasteiger partial charge in [0.2, 0.25) is 0 Å². The highest BCUT2D eigenvalue weighted by molar-refractivity contribution is 5.81. The molecule has 0 aliphatic heterocycles.